The number of rotatable bonds is 2. The average molecular weight is 371 g/mol. The van der Waals surface area contributed by atoms with Crippen LogP contribution in [0.25, 0.3) is 22.2 Å². The molecule has 0 aliphatic rings. The van der Waals surface area contributed by atoms with E-state index in [4.69, 9.17) is 4.74 Å². The van der Waals surface area contributed by atoms with Gasteiger partial charge in [-0.25, -0.2) is 4.39 Å². The van der Waals surface area contributed by atoms with E-state index >= 15 is 0 Å². The SMILES string of the molecule is COc1cc2[nH]c(-c3cc(C)c(C(C)(C)C)cc3C)cc(=O)c2c(F)c1F. The summed E-state index contributed by atoms with van der Waals surface area (Å²) in [4.78, 5) is 15.6. The molecule has 3 nitrogen and oxygen atoms in total. The van der Waals surface area contributed by atoms with Gasteiger partial charge in [-0.15, -0.1) is 0 Å². The number of nitrogens with one attached hydrogen (secondary N) is 1. The molecule has 0 fully saturated rings. The van der Waals surface area contributed by atoms with Gasteiger partial charge in [-0.05, 0) is 42.0 Å². The summed E-state index contributed by atoms with van der Waals surface area (Å²) in [5.74, 6) is -2.61. The van der Waals surface area contributed by atoms with Gasteiger partial charge < -0.3 is 9.72 Å². The number of aromatic amines is 1. The first-order valence-corrected chi connectivity index (χ1v) is 8.75. The molecule has 0 aliphatic carbocycles. The van der Waals surface area contributed by atoms with Crippen molar-refractivity contribution < 1.29 is 13.5 Å². The standard InChI is InChI=1S/C22H23F2NO2/c1-11-8-14(22(3,4)5)12(2)7-13(11)15-9-17(26)19-16(25-15)10-18(27-6)20(23)21(19)24/h7-10H,1-6H3,(H,25,26). The van der Waals surface area contributed by atoms with Crippen LogP contribution in [0.15, 0.2) is 29.1 Å². The molecular weight excluding hydrogens is 348 g/mol. The van der Waals surface area contributed by atoms with E-state index in [1.54, 1.807) is 0 Å². The second kappa shape index (κ2) is 6.48. The van der Waals surface area contributed by atoms with E-state index in [9.17, 15) is 13.6 Å². The first-order chi connectivity index (χ1) is 12.5. The van der Waals surface area contributed by atoms with Gasteiger partial charge in [0.15, 0.2) is 17.0 Å². The highest BCUT2D eigenvalue weighted by molar-refractivity contribution is 5.84. The van der Waals surface area contributed by atoms with E-state index < -0.39 is 17.1 Å². The number of pyridine rings is 1. The molecule has 1 N–H and O–H groups in total. The summed E-state index contributed by atoms with van der Waals surface area (Å²) in [5.41, 5.74) is 4.35. The summed E-state index contributed by atoms with van der Waals surface area (Å²) in [6.45, 7) is 10.4. The van der Waals surface area contributed by atoms with Gasteiger partial charge in [0.25, 0.3) is 0 Å². The van der Waals surface area contributed by atoms with Gasteiger partial charge in [0.05, 0.1) is 18.0 Å². The van der Waals surface area contributed by atoms with Crippen LogP contribution in [0.5, 0.6) is 5.75 Å². The highest BCUT2D eigenvalue weighted by Crippen LogP contribution is 2.33. The van der Waals surface area contributed by atoms with E-state index in [2.05, 4.69) is 31.8 Å². The molecule has 0 radical (unpaired) electrons. The third-order valence-electron chi connectivity index (χ3n) is 4.85. The van der Waals surface area contributed by atoms with Crippen LogP contribution in [-0.4, -0.2) is 12.1 Å². The zero-order valence-electron chi connectivity index (χ0n) is 16.4. The molecule has 0 aliphatic heterocycles. The van der Waals surface area contributed by atoms with Crippen LogP contribution in [0.2, 0.25) is 0 Å². The number of benzene rings is 2. The van der Waals surface area contributed by atoms with Crippen molar-refractivity contribution in [2.45, 2.75) is 40.0 Å². The molecule has 0 atom stereocenters. The van der Waals surface area contributed by atoms with Crippen molar-refractivity contribution in [3.05, 3.63) is 62.8 Å². The number of aromatic nitrogens is 1. The van der Waals surface area contributed by atoms with Gasteiger partial charge in [0.2, 0.25) is 5.82 Å². The molecule has 142 valence electrons. The lowest BCUT2D eigenvalue weighted by Crippen LogP contribution is -2.14. The Hall–Kier alpha value is -2.69. The summed E-state index contributed by atoms with van der Waals surface area (Å²) in [6, 6.07) is 6.75. The van der Waals surface area contributed by atoms with Crippen LogP contribution in [0.3, 0.4) is 0 Å². The minimum absolute atomic E-state index is 0.00180. The fourth-order valence-electron chi connectivity index (χ4n) is 3.53. The lowest BCUT2D eigenvalue weighted by Gasteiger charge is -2.23. The summed E-state index contributed by atoms with van der Waals surface area (Å²) in [6.07, 6.45) is 0. The number of fused-ring (bicyclic) bond motifs is 1. The Bertz CT molecular complexity index is 1110. The van der Waals surface area contributed by atoms with E-state index in [0.717, 1.165) is 16.7 Å². The molecule has 0 saturated carbocycles. The Morgan fingerprint density at radius 1 is 0.963 bits per heavy atom. The van der Waals surface area contributed by atoms with E-state index in [-0.39, 0.29) is 22.1 Å². The molecule has 0 unspecified atom stereocenters. The van der Waals surface area contributed by atoms with Crippen LogP contribution in [0, 0.1) is 25.5 Å². The maximum Gasteiger partial charge on any atom is 0.201 e. The lowest BCUT2D eigenvalue weighted by molar-refractivity contribution is 0.374. The molecule has 1 heterocycles. The van der Waals surface area contributed by atoms with Crippen molar-refractivity contribution in [3.63, 3.8) is 0 Å². The van der Waals surface area contributed by atoms with Crippen molar-refractivity contribution in [3.8, 4) is 17.0 Å². The highest BCUT2D eigenvalue weighted by Gasteiger charge is 2.20. The molecule has 2 aromatic carbocycles. The number of ether oxygens (including phenoxy) is 1. The molecule has 3 aromatic rings. The van der Waals surface area contributed by atoms with Gasteiger partial charge in [-0.1, -0.05) is 26.8 Å². The average Bonchev–Trinajstić information content (AvgIpc) is 2.58. The predicted octanol–water partition coefficient (Wildman–Crippen LogP) is 5.40. The number of methoxy groups -OCH3 is 1. The van der Waals surface area contributed by atoms with Gasteiger partial charge in [0.1, 0.15) is 0 Å². The number of hydrogen-bond acceptors (Lipinski definition) is 2. The Kier molecular flexibility index (Phi) is 4.58. The third-order valence-corrected chi connectivity index (χ3v) is 4.85. The summed E-state index contributed by atoms with van der Waals surface area (Å²) < 4.78 is 33.1. The number of halogens is 2. The van der Waals surface area contributed by atoms with Crippen LogP contribution in [0.1, 0.15) is 37.5 Å². The molecule has 27 heavy (non-hydrogen) atoms. The summed E-state index contributed by atoms with van der Waals surface area (Å²) in [7, 11) is 1.25. The first-order valence-electron chi connectivity index (χ1n) is 8.75. The van der Waals surface area contributed by atoms with Gasteiger partial charge in [-0.2, -0.15) is 4.39 Å². The number of H-pyrrole nitrogens is 1. The zero-order chi connectivity index (χ0) is 20.1. The van der Waals surface area contributed by atoms with Crippen LogP contribution in [-0.2, 0) is 5.41 Å². The zero-order valence-corrected chi connectivity index (χ0v) is 16.4. The quantitative estimate of drug-likeness (QED) is 0.656. The smallest absolute Gasteiger partial charge is 0.201 e. The molecule has 0 bridgehead atoms. The molecular formula is C22H23F2NO2. The van der Waals surface area contributed by atoms with Crippen molar-refractivity contribution in [1.82, 2.24) is 4.98 Å². The maximum atomic E-state index is 14.3. The fraction of sp³-hybridized carbons (Fsp3) is 0.318. The maximum absolute atomic E-state index is 14.3. The minimum atomic E-state index is -1.20. The summed E-state index contributed by atoms with van der Waals surface area (Å²) in [5, 5.41) is -0.308. The molecule has 0 spiro atoms. The monoisotopic (exact) mass is 371 g/mol. The predicted molar refractivity (Wildman–Crippen MR) is 105 cm³/mol. The van der Waals surface area contributed by atoms with Crippen LogP contribution < -0.4 is 10.2 Å². The third kappa shape index (κ3) is 3.22. The summed E-state index contributed by atoms with van der Waals surface area (Å²) >= 11 is 0. The minimum Gasteiger partial charge on any atom is -0.493 e. The molecule has 5 heteroatoms. The van der Waals surface area contributed by atoms with Crippen LogP contribution in [0.4, 0.5) is 8.78 Å². The largest absolute Gasteiger partial charge is 0.493 e. The van der Waals surface area contributed by atoms with Crippen molar-refractivity contribution in [1.29, 1.82) is 0 Å². The molecule has 0 saturated heterocycles. The normalized spacial score (nSPS) is 11.9. The first kappa shape index (κ1) is 19.1. The van der Waals surface area contributed by atoms with Gasteiger partial charge in [0, 0.05) is 23.4 Å². The lowest BCUT2D eigenvalue weighted by atomic mass is 9.82. The van der Waals surface area contributed by atoms with E-state index in [1.807, 2.05) is 19.9 Å². The molecule has 3 rings (SSSR count). The Labute approximate surface area is 157 Å². The Balaban J connectivity index is 2.29. The second-order valence-electron chi connectivity index (χ2n) is 7.91. The highest BCUT2D eigenvalue weighted by atomic mass is 19.2. The van der Waals surface area contributed by atoms with E-state index in [1.165, 1.54) is 24.8 Å². The van der Waals surface area contributed by atoms with Crippen molar-refractivity contribution in [2.75, 3.05) is 7.11 Å². The Morgan fingerprint density at radius 2 is 1.63 bits per heavy atom. The molecule has 0 amide bonds. The number of aryl methyl sites for hydroxylation is 2. The number of hydrogen-bond donors (Lipinski definition) is 1. The van der Waals surface area contributed by atoms with Crippen molar-refractivity contribution >= 4 is 10.9 Å². The van der Waals surface area contributed by atoms with Crippen molar-refractivity contribution in [2.24, 2.45) is 0 Å². The van der Waals surface area contributed by atoms with Gasteiger partial charge >= 0.3 is 0 Å². The topological polar surface area (TPSA) is 42.1 Å². The molecule has 1 aromatic heterocycles. The second-order valence-corrected chi connectivity index (χ2v) is 7.91. The van der Waals surface area contributed by atoms with E-state index in [0.29, 0.717) is 5.69 Å². The fourth-order valence-corrected chi connectivity index (χ4v) is 3.53. The van der Waals surface area contributed by atoms with Crippen LogP contribution >= 0.6 is 0 Å². The Morgan fingerprint density at radius 3 is 2.22 bits per heavy atom. The van der Waals surface area contributed by atoms with Gasteiger partial charge in [-0.3, -0.25) is 4.79 Å².